The standard InChI is InChI=1S/C21H28ClN3O2/c1-16-12-25-15-20(26)11-19(25)14-24(16)13-18-3-2-8-23(18)9-10-27-21-6-4-17(22)5-7-21/h2-8,16,19-20,26H,9-15H2,1H3/t16-,19?,20-/m1/s1. The van der Waals surface area contributed by atoms with Crippen molar-refractivity contribution in [3.05, 3.63) is 53.3 Å². The van der Waals surface area contributed by atoms with E-state index in [1.807, 2.05) is 24.3 Å². The van der Waals surface area contributed by atoms with Gasteiger partial charge in [0.25, 0.3) is 0 Å². The number of hydrogen-bond donors (Lipinski definition) is 1. The van der Waals surface area contributed by atoms with Crippen LogP contribution in [0.15, 0.2) is 42.6 Å². The molecule has 3 atom stereocenters. The van der Waals surface area contributed by atoms with Gasteiger partial charge in [-0.3, -0.25) is 9.80 Å². The topological polar surface area (TPSA) is 40.9 Å². The number of ether oxygens (including phenoxy) is 1. The van der Waals surface area contributed by atoms with Crippen LogP contribution in [0.2, 0.25) is 5.02 Å². The van der Waals surface area contributed by atoms with Gasteiger partial charge in [0, 0.05) is 55.2 Å². The highest BCUT2D eigenvalue weighted by molar-refractivity contribution is 6.30. The molecule has 1 aromatic heterocycles. The van der Waals surface area contributed by atoms with Crippen molar-refractivity contribution < 1.29 is 9.84 Å². The predicted molar refractivity (Wildman–Crippen MR) is 107 cm³/mol. The summed E-state index contributed by atoms with van der Waals surface area (Å²) in [5.74, 6) is 0.845. The lowest BCUT2D eigenvalue weighted by atomic mass is 10.1. The fourth-order valence-corrected chi connectivity index (χ4v) is 4.43. The molecule has 2 aromatic rings. The number of halogens is 1. The first-order valence-electron chi connectivity index (χ1n) is 9.77. The molecule has 0 saturated carbocycles. The Balaban J connectivity index is 1.32. The summed E-state index contributed by atoms with van der Waals surface area (Å²) in [5.41, 5.74) is 1.31. The van der Waals surface area contributed by atoms with E-state index in [0.29, 0.717) is 18.7 Å². The summed E-state index contributed by atoms with van der Waals surface area (Å²) in [7, 11) is 0. The largest absolute Gasteiger partial charge is 0.492 e. The average Bonchev–Trinajstić information content (AvgIpc) is 3.22. The number of aliphatic hydroxyl groups is 1. The van der Waals surface area contributed by atoms with Crippen molar-refractivity contribution in [2.45, 2.75) is 44.6 Å². The maximum Gasteiger partial charge on any atom is 0.119 e. The van der Waals surface area contributed by atoms with E-state index in [1.54, 1.807) is 0 Å². The second kappa shape index (κ2) is 8.23. The highest BCUT2D eigenvalue weighted by atomic mass is 35.5. The summed E-state index contributed by atoms with van der Waals surface area (Å²) >= 11 is 5.91. The van der Waals surface area contributed by atoms with Gasteiger partial charge in [-0.05, 0) is 49.7 Å². The van der Waals surface area contributed by atoms with Crippen molar-refractivity contribution in [3.63, 3.8) is 0 Å². The third-order valence-electron chi connectivity index (χ3n) is 5.78. The van der Waals surface area contributed by atoms with Crippen LogP contribution < -0.4 is 4.74 Å². The van der Waals surface area contributed by atoms with Gasteiger partial charge in [0.15, 0.2) is 0 Å². The SMILES string of the molecule is C[C@@H]1CN2C[C@H](O)CC2CN1Cc1cccn1CCOc1ccc(Cl)cc1. The molecule has 1 N–H and O–H groups in total. The Morgan fingerprint density at radius 2 is 1.96 bits per heavy atom. The molecular weight excluding hydrogens is 362 g/mol. The van der Waals surface area contributed by atoms with E-state index in [1.165, 1.54) is 5.69 Å². The van der Waals surface area contributed by atoms with E-state index in [-0.39, 0.29) is 6.10 Å². The van der Waals surface area contributed by atoms with Gasteiger partial charge in [0.2, 0.25) is 0 Å². The molecule has 3 heterocycles. The van der Waals surface area contributed by atoms with E-state index in [9.17, 15) is 5.11 Å². The fourth-order valence-electron chi connectivity index (χ4n) is 4.31. The third-order valence-corrected chi connectivity index (χ3v) is 6.03. The Bertz CT molecular complexity index is 748. The van der Waals surface area contributed by atoms with Crippen molar-refractivity contribution in [2.75, 3.05) is 26.2 Å². The maximum absolute atomic E-state index is 9.95. The zero-order valence-electron chi connectivity index (χ0n) is 15.8. The van der Waals surface area contributed by atoms with Crippen molar-refractivity contribution in [3.8, 4) is 5.75 Å². The molecule has 0 aliphatic carbocycles. The van der Waals surface area contributed by atoms with Crippen LogP contribution in [-0.4, -0.2) is 63.9 Å². The number of hydrogen-bond acceptors (Lipinski definition) is 4. The lowest BCUT2D eigenvalue weighted by Crippen LogP contribution is -2.54. The highest BCUT2D eigenvalue weighted by Crippen LogP contribution is 2.26. The molecule has 2 aliphatic heterocycles. The maximum atomic E-state index is 9.95. The van der Waals surface area contributed by atoms with Crippen molar-refractivity contribution >= 4 is 11.6 Å². The number of aromatic nitrogens is 1. The minimum atomic E-state index is -0.156. The van der Waals surface area contributed by atoms with Gasteiger partial charge in [0.1, 0.15) is 12.4 Å². The number of benzene rings is 1. The van der Waals surface area contributed by atoms with E-state index in [0.717, 1.165) is 49.9 Å². The molecular formula is C21H28ClN3O2. The van der Waals surface area contributed by atoms with E-state index >= 15 is 0 Å². The van der Waals surface area contributed by atoms with Gasteiger partial charge in [0.05, 0.1) is 12.6 Å². The monoisotopic (exact) mass is 389 g/mol. The summed E-state index contributed by atoms with van der Waals surface area (Å²) in [6.45, 7) is 7.59. The number of fused-ring (bicyclic) bond motifs is 1. The van der Waals surface area contributed by atoms with Gasteiger partial charge in [-0.25, -0.2) is 0 Å². The Morgan fingerprint density at radius 1 is 1.15 bits per heavy atom. The molecule has 0 bridgehead atoms. The number of nitrogens with zero attached hydrogens (tertiary/aromatic N) is 3. The predicted octanol–water partition coefficient (Wildman–Crippen LogP) is 2.86. The van der Waals surface area contributed by atoms with Gasteiger partial charge in [-0.15, -0.1) is 0 Å². The van der Waals surface area contributed by atoms with Crippen LogP contribution in [0, 0.1) is 0 Å². The first-order chi connectivity index (χ1) is 13.1. The molecule has 0 radical (unpaired) electrons. The van der Waals surface area contributed by atoms with Crippen LogP contribution in [0.4, 0.5) is 0 Å². The van der Waals surface area contributed by atoms with E-state index in [2.05, 4.69) is 39.6 Å². The summed E-state index contributed by atoms with van der Waals surface area (Å²) in [5, 5.41) is 10.7. The molecule has 0 spiro atoms. The molecule has 1 aromatic carbocycles. The van der Waals surface area contributed by atoms with Crippen LogP contribution in [-0.2, 0) is 13.1 Å². The van der Waals surface area contributed by atoms with Crippen LogP contribution in [0.25, 0.3) is 0 Å². The smallest absolute Gasteiger partial charge is 0.119 e. The average molecular weight is 390 g/mol. The van der Waals surface area contributed by atoms with Gasteiger partial charge < -0.3 is 14.4 Å². The third kappa shape index (κ3) is 4.49. The second-order valence-electron chi connectivity index (χ2n) is 7.77. The van der Waals surface area contributed by atoms with Crippen LogP contribution in [0.1, 0.15) is 19.0 Å². The van der Waals surface area contributed by atoms with Gasteiger partial charge >= 0.3 is 0 Å². The van der Waals surface area contributed by atoms with E-state index < -0.39 is 0 Å². The Hall–Kier alpha value is -1.53. The zero-order valence-corrected chi connectivity index (χ0v) is 16.6. The molecule has 6 heteroatoms. The molecule has 2 saturated heterocycles. The van der Waals surface area contributed by atoms with Crippen LogP contribution in [0.5, 0.6) is 5.75 Å². The Morgan fingerprint density at radius 3 is 2.78 bits per heavy atom. The molecule has 27 heavy (non-hydrogen) atoms. The molecule has 2 fully saturated rings. The van der Waals surface area contributed by atoms with Gasteiger partial charge in [-0.2, -0.15) is 0 Å². The van der Waals surface area contributed by atoms with Crippen molar-refractivity contribution in [1.29, 1.82) is 0 Å². The molecule has 1 unspecified atom stereocenters. The quantitative estimate of drug-likeness (QED) is 0.824. The van der Waals surface area contributed by atoms with Gasteiger partial charge in [-0.1, -0.05) is 11.6 Å². The number of rotatable bonds is 6. The Labute approximate surface area is 166 Å². The first-order valence-corrected chi connectivity index (χ1v) is 10.1. The van der Waals surface area contributed by atoms with Crippen LogP contribution >= 0.6 is 11.6 Å². The second-order valence-corrected chi connectivity index (χ2v) is 8.21. The lowest BCUT2D eigenvalue weighted by Gasteiger charge is -2.42. The lowest BCUT2D eigenvalue weighted by molar-refractivity contribution is 0.0511. The first kappa shape index (κ1) is 18.8. The molecule has 2 aliphatic rings. The summed E-state index contributed by atoms with van der Waals surface area (Å²) in [4.78, 5) is 5.00. The number of piperazine rings is 1. The molecule has 146 valence electrons. The summed E-state index contributed by atoms with van der Waals surface area (Å²) in [6, 6.07) is 12.8. The molecule has 4 rings (SSSR count). The number of aliphatic hydroxyl groups excluding tert-OH is 1. The normalized spacial score (nSPS) is 26.3. The van der Waals surface area contributed by atoms with Crippen molar-refractivity contribution in [2.24, 2.45) is 0 Å². The van der Waals surface area contributed by atoms with Crippen LogP contribution in [0.3, 0.4) is 0 Å². The van der Waals surface area contributed by atoms with E-state index in [4.69, 9.17) is 16.3 Å². The fraction of sp³-hybridized carbons (Fsp3) is 0.524. The Kier molecular flexibility index (Phi) is 5.74. The van der Waals surface area contributed by atoms with Crippen molar-refractivity contribution in [1.82, 2.24) is 14.4 Å². The minimum absolute atomic E-state index is 0.156. The summed E-state index contributed by atoms with van der Waals surface area (Å²) in [6.07, 6.45) is 2.87. The zero-order chi connectivity index (χ0) is 18.8. The minimum Gasteiger partial charge on any atom is -0.492 e. The highest BCUT2D eigenvalue weighted by Gasteiger charge is 2.38. The molecule has 0 amide bonds. The summed E-state index contributed by atoms with van der Waals surface area (Å²) < 4.78 is 8.12. The molecule has 5 nitrogen and oxygen atoms in total.